The third-order valence-corrected chi connectivity index (χ3v) is 3.43. The van der Waals surface area contributed by atoms with E-state index in [1.165, 1.54) is 0 Å². The summed E-state index contributed by atoms with van der Waals surface area (Å²) < 4.78 is 0. The lowest BCUT2D eigenvalue weighted by atomic mass is 9.97. The zero-order valence-electron chi connectivity index (χ0n) is 11.1. The number of hydrogen-bond acceptors (Lipinski definition) is 1. The van der Waals surface area contributed by atoms with Crippen molar-refractivity contribution < 1.29 is 4.79 Å². The van der Waals surface area contributed by atoms with E-state index >= 15 is 0 Å². The number of rotatable bonds is 0. The van der Waals surface area contributed by atoms with Crippen molar-refractivity contribution in [2.45, 2.75) is 12.8 Å². The molecule has 0 spiro atoms. The van der Waals surface area contributed by atoms with Gasteiger partial charge in [0.1, 0.15) is 0 Å². The SMILES string of the molecule is O=C1NCCCc2c(C#Cc3ccccc3)cccc21. The number of carbonyl (C=O) groups excluding carboxylic acids is 1. The summed E-state index contributed by atoms with van der Waals surface area (Å²) in [6.45, 7) is 0.735. The second-order valence-corrected chi connectivity index (χ2v) is 4.81. The molecule has 2 aromatic carbocycles. The van der Waals surface area contributed by atoms with Crippen molar-refractivity contribution in [3.8, 4) is 11.8 Å². The van der Waals surface area contributed by atoms with Gasteiger partial charge in [0.2, 0.25) is 0 Å². The van der Waals surface area contributed by atoms with Crippen LogP contribution in [0.5, 0.6) is 0 Å². The second-order valence-electron chi connectivity index (χ2n) is 4.81. The van der Waals surface area contributed by atoms with Gasteiger partial charge in [-0.05, 0) is 42.7 Å². The third kappa shape index (κ3) is 2.57. The number of nitrogens with one attached hydrogen (secondary N) is 1. The van der Waals surface area contributed by atoms with Crippen molar-refractivity contribution >= 4 is 5.91 Å². The number of amides is 1. The standard InChI is InChI=1S/C18H15NO/c20-18-17-9-4-8-15(16(17)10-5-13-19-18)12-11-14-6-2-1-3-7-14/h1-4,6-9H,5,10,13H2,(H,19,20). The van der Waals surface area contributed by atoms with E-state index < -0.39 is 0 Å². The highest BCUT2D eigenvalue weighted by Gasteiger charge is 2.16. The Hall–Kier alpha value is -2.53. The average Bonchev–Trinajstić information content (AvgIpc) is 2.69. The molecule has 1 aliphatic heterocycles. The monoisotopic (exact) mass is 261 g/mol. The predicted molar refractivity (Wildman–Crippen MR) is 79.5 cm³/mol. The maximum Gasteiger partial charge on any atom is 0.251 e. The van der Waals surface area contributed by atoms with Crippen molar-refractivity contribution in [2.75, 3.05) is 6.54 Å². The minimum Gasteiger partial charge on any atom is -0.352 e. The van der Waals surface area contributed by atoms with E-state index in [0.717, 1.165) is 41.6 Å². The summed E-state index contributed by atoms with van der Waals surface area (Å²) in [7, 11) is 0. The molecule has 0 saturated carbocycles. The molecular weight excluding hydrogens is 246 g/mol. The molecule has 0 aliphatic carbocycles. The largest absolute Gasteiger partial charge is 0.352 e. The predicted octanol–water partition coefficient (Wildman–Crippen LogP) is 2.76. The Bertz CT molecular complexity index is 692. The first-order chi connectivity index (χ1) is 9.84. The van der Waals surface area contributed by atoms with Crippen LogP contribution in [0.25, 0.3) is 0 Å². The Labute approximate surface area is 118 Å². The Kier molecular flexibility index (Phi) is 3.52. The molecule has 1 aliphatic rings. The summed E-state index contributed by atoms with van der Waals surface area (Å²) in [6, 6.07) is 15.7. The van der Waals surface area contributed by atoms with Crippen molar-refractivity contribution in [1.29, 1.82) is 0 Å². The molecule has 98 valence electrons. The third-order valence-electron chi connectivity index (χ3n) is 3.43. The number of benzene rings is 2. The van der Waals surface area contributed by atoms with Gasteiger partial charge in [-0.1, -0.05) is 36.1 Å². The lowest BCUT2D eigenvalue weighted by Crippen LogP contribution is -2.22. The van der Waals surface area contributed by atoms with Crippen LogP contribution < -0.4 is 5.32 Å². The van der Waals surface area contributed by atoms with Gasteiger partial charge in [-0.2, -0.15) is 0 Å². The van der Waals surface area contributed by atoms with Crippen LogP contribution in [0.4, 0.5) is 0 Å². The van der Waals surface area contributed by atoms with E-state index in [1.54, 1.807) is 0 Å². The van der Waals surface area contributed by atoms with Crippen LogP contribution in [0.1, 0.15) is 33.5 Å². The fraction of sp³-hybridized carbons (Fsp3) is 0.167. The van der Waals surface area contributed by atoms with Gasteiger partial charge in [-0.15, -0.1) is 0 Å². The van der Waals surface area contributed by atoms with Gasteiger partial charge in [0.15, 0.2) is 0 Å². The van der Waals surface area contributed by atoms with Gasteiger partial charge in [-0.3, -0.25) is 4.79 Å². The molecule has 2 nitrogen and oxygen atoms in total. The van der Waals surface area contributed by atoms with Crippen LogP contribution in [-0.4, -0.2) is 12.5 Å². The summed E-state index contributed by atoms with van der Waals surface area (Å²) in [6.07, 6.45) is 1.86. The zero-order chi connectivity index (χ0) is 13.8. The molecule has 2 aromatic rings. The first-order valence-corrected chi connectivity index (χ1v) is 6.82. The van der Waals surface area contributed by atoms with Gasteiger partial charge in [0.25, 0.3) is 5.91 Å². The lowest BCUT2D eigenvalue weighted by molar-refractivity contribution is 0.0956. The molecule has 20 heavy (non-hydrogen) atoms. The highest BCUT2D eigenvalue weighted by atomic mass is 16.1. The Morgan fingerprint density at radius 1 is 0.950 bits per heavy atom. The van der Waals surface area contributed by atoms with Crippen molar-refractivity contribution in [3.05, 3.63) is 70.8 Å². The molecule has 0 saturated heterocycles. The summed E-state index contributed by atoms with van der Waals surface area (Å²) in [5.41, 5.74) is 3.79. The summed E-state index contributed by atoms with van der Waals surface area (Å²) in [4.78, 5) is 12.0. The fourth-order valence-electron chi connectivity index (χ4n) is 2.41. The van der Waals surface area contributed by atoms with Crippen LogP contribution in [-0.2, 0) is 6.42 Å². The quantitative estimate of drug-likeness (QED) is 0.726. The highest BCUT2D eigenvalue weighted by Crippen LogP contribution is 2.18. The topological polar surface area (TPSA) is 29.1 Å². The summed E-state index contributed by atoms with van der Waals surface area (Å²) in [5, 5.41) is 2.91. The first kappa shape index (κ1) is 12.5. The summed E-state index contributed by atoms with van der Waals surface area (Å²) >= 11 is 0. The fourth-order valence-corrected chi connectivity index (χ4v) is 2.41. The first-order valence-electron chi connectivity index (χ1n) is 6.82. The smallest absolute Gasteiger partial charge is 0.251 e. The molecule has 0 bridgehead atoms. The molecule has 2 heteroatoms. The molecular formula is C18H15NO. The second kappa shape index (κ2) is 5.63. The minimum atomic E-state index is 0.0147. The molecule has 0 radical (unpaired) electrons. The van der Waals surface area contributed by atoms with Crippen molar-refractivity contribution in [3.63, 3.8) is 0 Å². The van der Waals surface area contributed by atoms with E-state index in [2.05, 4.69) is 17.2 Å². The van der Waals surface area contributed by atoms with Gasteiger partial charge < -0.3 is 5.32 Å². The normalized spacial score (nSPS) is 13.5. The maximum absolute atomic E-state index is 12.0. The molecule has 1 N–H and O–H groups in total. The molecule has 0 aromatic heterocycles. The van der Waals surface area contributed by atoms with Gasteiger partial charge in [0, 0.05) is 23.2 Å². The number of carbonyl (C=O) groups is 1. The highest BCUT2D eigenvalue weighted by molar-refractivity contribution is 5.96. The van der Waals surface area contributed by atoms with E-state index in [4.69, 9.17) is 0 Å². The van der Waals surface area contributed by atoms with Crippen LogP contribution >= 0.6 is 0 Å². The van der Waals surface area contributed by atoms with Crippen LogP contribution in [0, 0.1) is 11.8 Å². The van der Waals surface area contributed by atoms with Crippen LogP contribution in [0.15, 0.2) is 48.5 Å². The van der Waals surface area contributed by atoms with Crippen molar-refractivity contribution in [1.82, 2.24) is 5.32 Å². The lowest BCUT2D eigenvalue weighted by Gasteiger charge is -2.06. The maximum atomic E-state index is 12.0. The molecule has 1 heterocycles. The Morgan fingerprint density at radius 2 is 1.80 bits per heavy atom. The van der Waals surface area contributed by atoms with Crippen molar-refractivity contribution in [2.24, 2.45) is 0 Å². The molecule has 0 atom stereocenters. The van der Waals surface area contributed by atoms with Gasteiger partial charge >= 0.3 is 0 Å². The molecule has 0 fully saturated rings. The molecule has 3 rings (SSSR count). The zero-order valence-corrected chi connectivity index (χ0v) is 11.1. The van der Waals surface area contributed by atoms with E-state index in [9.17, 15) is 4.79 Å². The Balaban J connectivity index is 2.01. The number of fused-ring (bicyclic) bond motifs is 1. The van der Waals surface area contributed by atoms with E-state index in [1.807, 2.05) is 48.5 Å². The van der Waals surface area contributed by atoms with Gasteiger partial charge in [-0.25, -0.2) is 0 Å². The molecule has 1 amide bonds. The van der Waals surface area contributed by atoms with E-state index in [-0.39, 0.29) is 5.91 Å². The van der Waals surface area contributed by atoms with E-state index in [0.29, 0.717) is 0 Å². The van der Waals surface area contributed by atoms with Gasteiger partial charge in [0.05, 0.1) is 0 Å². The summed E-state index contributed by atoms with van der Waals surface area (Å²) in [5.74, 6) is 6.39. The van der Waals surface area contributed by atoms with Crippen LogP contribution in [0.3, 0.4) is 0 Å². The van der Waals surface area contributed by atoms with Crippen LogP contribution in [0.2, 0.25) is 0 Å². The minimum absolute atomic E-state index is 0.0147. The Morgan fingerprint density at radius 3 is 2.65 bits per heavy atom. The molecule has 0 unspecified atom stereocenters. The average molecular weight is 261 g/mol. The number of hydrogen-bond donors (Lipinski definition) is 1.